The molecule has 192 valence electrons. The highest BCUT2D eigenvalue weighted by Gasteiger charge is 2.28. The molecule has 1 saturated heterocycles. The number of hydrogen-bond donors (Lipinski definition) is 1. The van der Waals surface area contributed by atoms with Crippen LogP contribution in [0, 0.1) is 5.92 Å². The van der Waals surface area contributed by atoms with E-state index in [2.05, 4.69) is 22.3 Å². The molecule has 1 aliphatic carbocycles. The Labute approximate surface area is 213 Å². The number of benzene rings is 2. The normalized spacial score (nSPS) is 23.6. The predicted octanol–water partition coefficient (Wildman–Crippen LogP) is 4.63. The fourth-order valence-corrected chi connectivity index (χ4v) is 6.22. The second-order valence-corrected chi connectivity index (χ2v) is 10.6. The number of fused-ring (bicyclic) bond motifs is 2. The first-order valence-corrected chi connectivity index (χ1v) is 13.5. The molecule has 0 aromatic heterocycles. The average molecular weight is 493 g/mol. The van der Waals surface area contributed by atoms with Gasteiger partial charge in [-0.15, -0.1) is 0 Å². The molecular weight excluding hydrogens is 456 g/mol. The molecule has 3 aliphatic heterocycles. The molecule has 2 fully saturated rings. The molecule has 7 heteroatoms. The minimum Gasteiger partial charge on any atom is -0.454 e. The molecule has 1 N–H and O–H groups in total. The Morgan fingerprint density at radius 2 is 1.64 bits per heavy atom. The number of nitrogens with zero attached hydrogens (tertiary/aromatic N) is 1. The largest absolute Gasteiger partial charge is 0.454 e. The smallest absolute Gasteiger partial charge is 0.231 e. The van der Waals surface area contributed by atoms with Crippen LogP contribution in [-0.4, -0.2) is 50.1 Å². The average Bonchev–Trinajstić information content (AvgIpc) is 3.58. The summed E-state index contributed by atoms with van der Waals surface area (Å²) in [6.07, 6.45) is 8.60. The lowest BCUT2D eigenvalue weighted by Gasteiger charge is -2.34. The Hall–Kier alpha value is -2.93. The van der Waals surface area contributed by atoms with Gasteiger partial charge in [0, 0.05) is 11.6 Å². The summed E-state index contributed by atoms with van der Waals surface area (Å²) in [5, 5.41) is 3.26. The van der Waals surface area contributed by atoms with Crippen molar-refractivity contribution in [2.45, 2.75) is 63.3 Å². The molecule has 7 nitrogen and oxygen atoms in total. The number of amides is 1. The van der Waals surface area contributed by atoms with E-state index in [-0.39, 0.29) is 12.7 Å². The number of carbonyl (C=O) groups excluding carboxylic acids is 1. The van der Waals surface area contributed by atoms with Gasteiger partial charge >= 0.3 is 0 Å². The van der Waals surface area contributed by atoms with Crippen molar-refractivity contribution in [2.75, 3.05) is 33.2 Å². The number of para-hydroxylation sites is 1. The molecule has 36 heavy (non-hydrogen) atoms. The van der Waals surface area contributed by atoms with E-state index in [4.69, 9.17) is 18.9 Å². The second-order valence-electron chi connectivity index (χ2n) is 10.6. The minimum absolute atomic E-state index is 0.0983. The first-order chi connectivity index (χ1) is 17.7. The van der Waals surface area contributed by atoms with Gasteiger partial charge in [-0.2, -0.15) is 0 Å². The summed E-state index contributed by atoms with van der Waals surface area (Å²) < 4.78 is 22.1. The molecule has 0 unspecified atom stereocenters. The number of nitrogens with one attached hydrogen (secondary N) is 1. The van der Waals surface area contributed by atoms with Crippen molar-refractivity contribution in [1.82, 2.24) is 10.2 Å². The van der Waals surface area contributed by atoms with E-state index >= 15 is 0 Å². The van der Waals surface area contributed by atoms with Crippen LogP contribution in [-0.2, 0) is 11.2 Å². The van der Waals surface area contributed by atoms with Crippen molar-refractivity contribution in [3.05, 3.63) is 47.5 Å². The third-order valence-electron chi connectivity index (χ3n) is 8.32. The summed E-state index contributed by atoms with van der Waals surface area (Å²) in [5.41, 5.74) is 2.29. The maximum atomic E-state index is 12.6. The van der Waals surface area contributed by atoms with Gasteiger partial charge in [-0.25, -0.2) is 0 Å². The van der Waals surface area contributed by atoms with Crippen molar-refractivity contribution in [1.29, 1.82) is 0 Å². The van der Waals surface area contributed by atoms with Crippen LogP contribution < -0.4 is 24.3 Å². The number of carbonyl (C=O) groups is 1. The summed E-state index contributed by atoms with van der Waals surface area (Å²) in [5.74, 6) is 4.79. The van der Waals surface area contributed by atoms with Crippen LogP contribution in [0.4, 0.5) is 0 Å². The molecule has 6 rings (SSSR count). The van der Waals surface area contributed by atoms with Crippen LogP contribution in [0.1, 0.15) is 62.0 Å². The van der Waals surface area contributed by atoms with Crippen molar-refractivity contribution in [3.63, 3.8) is 0 Å². The van der Waals surface area contributed by atoms with E-state index in [1.807, 2.05) is 24.3 Å². The van der Waals surface area contributed by atoms with E-state index in [9.17, 15) is 4.79 Å². The number of rotatable bonds is 7. The molecule has 1 saturated carbocycles. The van der Waals surface area contributed by atoms with Crippen LogP contribution in [0.3, 0.4) is 0 Å². The van der Waals surface area contributed by atoms with Crippen molar-refractivity contribution in [3.8, 4) is 23.0 Å². The van der Waals surface area contributed by atoms with Gasteiger partial charge in [-0.3, -0.25) is 4.79 Å². The minimum atomic E-state index is 0.0983. The number of ether oxygens (including phenoxy) is 4. The molecule has 0 radical (unpaired) electrons. The molecule has 0 bridgehead atoms. The van der Waals surface area contributed by atoms with E-state index in [1.54, 1.807) is 0 Å². The van der Waals surface area contributed by atoms with Gasteiger partial charge in [0.15, 0.2) is 23.0 Å². The van der Waals surface area contributed by atoms with Crippen molar-refractivity contribution >= 4 is 5.91 Å². The molecule has 2 aromatic rings. The highest BCUT2D eigenvalue weighted by molar-refractivity contribution is 5.79. The van der Waals surface area contributed by atoms with Gasteiger partial charge in [0.25, 0.3) is 0 Å². The van der Waals surface area contributed by atoms with Crippen molar-refractivity contribution < 1.29 is 23.7 Å². The summed E-state index contributed by atoms with van der Waals surface area (Å²) in [7, 11) is 0. The quantitative estimate of drug-likeness (QED) is 0.608. The van der Waals surface area contributed by atoms with Gasteiger partial charge < -0.3 is 29.2 Å². The first kappa shape index (κ1) is 23.5. The molecular formula is C29H36N2O5. The van der Waals surface area contributed by atoms with E-state index in [0.717, 1.165) is 60.4 Å². The molecule has 4 aliphatic rings. The first-order valence-electron chi connectivity index (χ1n) is 13.5. The second kappa shape index (κ2) is 10.6. The Morgan fingerprint density at radius 3 is 2.50 bits per heavy atom. The Bertz CT molecular complexity index is 1070. The van der Waals surface area contributed by atoms with E-state index in [1.165, 1.54) is 44.2 Å². The van der Waals surface area contributed by atoms with Gasteiger partial charge in [0.05, 0.1) is 6.42 Å². The topological polar surface area (TPSA) is 69.3 Å². The van der Waals surface area contributed by atoms with Gasteiger partial charge in [0.2, 0.25) is 19.5 Å². The fraction of sp³-hybridized carbons (Fsp3) is 0.552. The Balaban J connectivity index is 0.894. The molecule has 0 spiro atoms. The predicted molar refractivity (Wildman–Crippen MR) is 136 cm³/mol. The molecule has 0 atom stereocenters. The Kier molecular flexibility index (Phi) is 6.90. The summed E-state index contributed by atoms with van der Waals surface area (Å²) in [6.45, 7) is 4.09. The summed E-state index contributed by atoms with van der Waals surface area (Å²) >= 11 is 0. The maximum Gasteiger partial charge on any atom is 0.231 e. The van der Waals surface area contributed by atoms with Gasteiger partial charge in [0.1, 0.15) is 0 Å². The number of hydrogen-bond acceptors (Lipinski definition) is 6. The third kappa shape index (κ3) is 5.26. The zero-order chi connectivity index (χ0) is 24.3. The molecule has 1 amide bonds. The zero-order valence-corrected chi connectivity index (χ0v) is 20.9. The number of piperidine rings is 1. The Morgan fingerprint density at radius 1 is 0.861 bits per heavy atom. The lowest BCUT2D eigenvalue weighted by Crippen LogP contribution is -2.39. The SMILES string of the molecule is O=C(Cc1ccc2c(c1)OCO2)N[C@H]1CC[C@H](CCN2CCC(c3cccc4c3OCO4)CC2)CC1. The van der Waals surface area contributed by atoms with E-state index < -0.39 is 0 Å². The monoisotopic (exact) mass is 492 g/mol. The summed E-state index contributed by atoms with van der Waals surface area (Å²) in [6, 6.07) is 12.3. The summed E-state index contributed by atoms with van der Waals surface area (Å²) in [4.78, 5) is 15.2. The lowest BCUT2D eigenvalue weighted by atomic mass is 9.83. The maximum absolute atomic E-state index is 12.6. The highest BCUT2D eigenvalue weighted by Crippen LogP contribution is 2.42. The third-order valence-corrected chi connectivity index (χ3v) is 8.32. The van der Waals surface area contributed by atoms with Crippen LogP contribution in [0.5, 0.6) is 23.0 Å². The van der Waals surface area contributed by atoms with Crippen LogP contribution in [0.2, 0.25) is 0 Å². The van der Waals surface area contributed by atoms with Gasteiger partial charge in [-0.05, 0) is 100 Å². The standard InChI is InChI=1S/C29H36N2O5/c32-28(17-21-6-9-25-27(16-21)35-18-33-25)30-23-7-4-20(5-8-23)10-13-31-14-11-22(12-15-31)24-2-1-3-26-29(24)36-19-34-26/h1-3,6,9,16,20,22-23H,4-5,7-8,10-15,17-19H2,(H,30,32)/t20-,23-. The van der Waals surface area contributed by atoms with Crippen LogP contribution in [0.15, 0.2) is 36.4 Å². The molecule has 2 aromatic carbocycles. The highest BCUT2D eigenvalue weighted by atomic mass is 16.7. The lowest BCUT2D eigenvalue weighted by molar-refractivity contribution is -0.121. The van der Waals surface area contributed by atoms with E-state index in [0.29, 0.717) is 25.2 Å². The van der Waals surface area contributed by atoms with Crippen molar-refractivity contribution in [2.24, 2.45) is 5.92 Å². The van der Waals surface area contributed by atoms with Gasteiger partial charge in [-0.1, -0.05) is 18.2 Å². The molecule has 3 heterocycles. The fourth-order valence-electron chi connectivity index (χ4n) is 6.22. The number of likely N-dealkylation sites (tertiary alicyclic amines) is 1. The van der Waals surface area contributed by atoms with Crippen LogP contribution in [0.25, 0.3) is 0 Å². The van der Waals surface area contributed by atoms with Crippen LogP contribution >= 0.6 is 0 Å². The zero-order valence-electron chi connectivity index (χ0n) is 20.9.